The number of aliphatic hydroxyl groups excluding tert-OH is 1. The van der Waals surface area contributed by atoms with E-state index in [0.29, 0.717) is 36.0 Å². The third-order valence-corrected chi connectivity index (χ3v) is 5.03. The average Bonchev–Trinajstić information content (AvgIpc) is 2.68. The number of benzene rings is 2. The molecule has 148 valence electrons. The number of nitrogens with zero attached hydrogens (tertiary/aromatic N) is 2. The van der Waals surface area contributed by atoms with Crippen LogP contribution >= 0.6 is 11.6 Å². The molecule has 0 atom stereocenters. The van der Waals surface area contributed by atoms with E-state index in [2.05, 4.69) is 10.2 Å². The molecule has 2 aromatic carbocycles. The van der Waals surface area contributed by atoms with Crippen LogP contribution in [0.5, 0.6) is 0 Å². The molecular formula is C19H22ClN4O4+. The molecule has 0 spiro atoms. The maximum Gasteiger partial charge on any atom is 0.270 e. The van der Waals surface area contributed by atoms with Crippen LogP contribution in [0.4, 0.5) is 17.1 Å². The van der Waals surface area contributed by atoms with Crippen molar-refractivity contribution in [3.8, 4) is 0 Å². The molecule has 9 heteroatoms. The van der Waals surface area contributed by atoms with E-state index in [0.717, 1.165) is 13.1 Å². The minimum absolute atomic E-state index is 0.135. The van der Waals surface area contributed by atoms with Gasteiger partial charge < -0.3 is 20.2 Å². The fraction of sp³-hybridized carbons (Fsp3) is 0.316. The first-order valence-corrected chi connectivity index (χ1v) is 9.40. The Morgan fingerprint density at radius 3 is 2.64 bits per heavy atom. The molecule has 0 saturated carbocycles. The van der Waals surface area contributed by atoms with Crippen molar-refractivity contribution in [2.75, 3.05) is 49.5 Å². The molecule has 28 heavy (non-hydrogen) atoms. The Morgan fingerprint density at radius 2 is 2.00 bits per heavy atom. The van der Waals surface area contributed by atoms with E-state index in [9.17, 15) is 14.9 Å². The zero-order valence-corrected chi connectivity index (χ0v) is 16.0. The van der Waals surface area contributed by atoms with Crippen LogP contribution in [0.2, 0.25) is 5.02 Å². The lowest BCUT2D eigenvalue weighted by molar-refractivity contribution is -0.900. The molecule has 0 aromatic heterocycles. The summed E-state index contributed by atoms with van der Waals surface area (Å²) in [6.07, 6.45) is 0. The van der Waals surface area contributed by atoms with Crippen molar-refractivity contribution in [1.82, 2.24) is 0 Å². The standard InChI is InChI=1S/C19H21ClN4O4/c20-14-2-1-3-15(12-14)21-19(26)17-13-16(24(27)28)4-5-18(17)23-8-6-22(7-9-23)10-11-25/h1-5,12-13,25H,6-11H2,(H,21,26)/p+1. The molecule has 0 unspecified atom stereocenters. The lowest BCUT2D eigenvalue weighted by Gasteiger charge is -2.34. The van der Waals surface area contributed by atoms with Crippen molar-refractivity contribution >= 4 is 34.6 Å². The number of carbonyl (C=O) groups is 1. The number of nitro benzene ring substituents is 1. The van der Waals surface area contributed by atoms with Crippen LogP contribution in [0.3, 0.4) is 0 Å². The van der Waals surface area contributed by atoms with Crippen LogP contribution in [-0.2, 0) is 0 Å². The summed E-state index contributed by atoms with van der Waals surface area (Å²) in [4.78, 5) is 26.9. The summed E-state index contributed by atoms with van der Waals surface area (Å²) in [5.41, 5.74) is 1.30. The van der Waals surface area contributed by atoms with Gasteiger partial charge in [-0.2, -0.15) is 0 Å². The lowest BCUT2D eigenvalue weighted by Crippen LogP contribution is -3.15. The molecule has 3 rings (SSSR count). The maximum atomic E-state index is 12.9. The SMILES string of the molecule is O=C(Nc1cccc(Cl)c1)c1cc([N+](=O)[O-])ccc1N1CC[NH+](CCO)CC1. The maximum absolute atomic E-state index is 12.9. The Balaban J connectivity index is 1.86. The fourth-order valence-corrected chi connectivity index (χ4v) is 3.52. The van der Waals surface area contributed by atoms with Crippen LogP contribution in [-0.4, -0.2) is 55.3 Å². The minimum atomic E-state index is -0.511. The number of nitro groups is 1. The molecule has 0 radical (unpaired) electrons. The van der Waals surface area contributed by atoms with Gasteiger partial charge in [-0.25, -0.2) is 0 Å². The number of rotatable bonds is 6. The van der Waals surface area contributed by atoms with Crippen molar-refractivity contribution in [3.05, 3.63) is 63.2 Å². The second-order valence-corrected chi connectivity index (χ2v) is 7.07. The average molecular weight is 406 g/mol. The number of anilines is 2. The van der Waals surface area contributed by atoms with Gasteiger partial charge in [0.05, 0.1) is 49.0 Å². The quantitative estimate of drug-likeness (QED) is 0.495. The monoisotopic (exact) mass is 405 g/mol. The summed E-state index contributed by atoms with van der Waals surface area (Å²) in [6.45, 7) is 3.88. The van der Waals surface area contributed by atoms with E-state index in [1.165, 1.54) is 17.0 Å². The van der Waals surface area contributed by atoms with Crippen LogP contribution < -0.4 is 15.1 Å². The summed E-state index contributed by atoms with van der Waals surface area (Å²) >= 11 is 5.96. The zero-order valence-electron chi connectivity index (χ0n) is 15.2. The second kappa shape index (κ2) is 9.01. The van der Waals surface area contributed by atoms with E-state index >= 15 is 0 Å². The number of halogens is 1. The van der Waals surface area contributed by atoms with E-state index in [1.54, 1.807) is 30.3 Å². The molecule has 0 aliphatic carbocycles. The summed E-state index contributed by atoms with van der Waals surface area (Å²) < 4.78 is 0. The third-order valence-electron chi connectivity index (χ3n) is 4.79. The smallest absolute Gasteiger partial charge is 0.270 e. The van der Waals surface area contributed by atoms with Crippen molar-refractivity contribution < 1.29 is 19.7 Å². The van der Waals surface area contributed by atoms with E-state index < -0.39 is 10.8 Å². The number of hydrogen-bond donors (Lipinski definition) is 3. The van der Waals surface area contributed by atoms with Gasteiger partial charge in [-0.05, 0) is 24.3 Å². The Bertz CT molecular complexity index is 869. The molecule has 1 aliphatic heterocycles. The first-order valence-electron chi connectivity index (χ1n) is 9.02. The van der Waals surface area contributed by atoms with Crippen molar-refractivity contribution in [3.63, 3.8) is 0 Å². The molecule has 8 nitrogen and oxygen atoms in total. The first kappa shape index (κ1) is 20.1. The number of hydrogen-bond acceptors (Lipinski definition) is 5. The topological polar surface area (TPSA) is 100 Å². The molecular weight excluding hydrogens is 384 g/mol. The van der Waals surface area contributed by atoms with Gasteiger partial charge >= 0.3 is 0 Å². The van der Waals surface area contributed by atoms with E-state index in [1.807, 2.05) is 0 Å². The molecule has 1 aliphatic rings. The normalized spacial score (nSPS) is 14.7. The van der Waals surface area contributed by atoms with Gasteiger partial charge in [0.2, 0.25) is 0 Å². The number of piperazine rings is 1. The largest absolute Gasteiger partial charge is 0.391 e. The number of non-ortho nitro benzene ring substituents is 1. The predicted molar refractivity (Wildman–Crippen MR) is 107 cm³/mol. The summed E-state index contributed by atoms with van der Waals surface area (Å²) in [6, 6.07) is 11.1. The van der Waals surface area contributed by atoms with Gasteiger partial charge in [0.25, 0.3) is 11.6 Å². The Hall–Kier alpha value is -2.68. The molecule has 3 N–H and O–H groups in total. The van der Waals surface area contributed by atoms with E-state index in [4.69, 9.17) is 16.7 Å². The second-order valence-electron chi connectivity index (χ2n) is 6.63. The van der Waals surface area contributed by atoms with E-state index in [-0.39, 0.29) is 17.9 Å². The highest BCUT2D eigenvalue weighted by atomic mass is 35.5. The molecule has 1 heterocycles. The number of carbonyl (C=O) groups excluding carboxylic acids is 1. The zero-order chi connectivity index (χ0) is 20.1. The molecule has 0 bridgehead atoms. The third kappa shape index (κ3) is 4.78. The van der Waals surface area contributed by atoms with Crippen LogP contribution in [0.25, 0.3) is 0 Å². The first-order chi connectivity index (χ1) is 13.5. The number of amides is 1. The Morgan fingerprint density at radius 1 is 1.25 bits per heavy atom. The van der Waals surface area contributed by atoms with Gasteiger partial charge in [0.15, 0.2) is 0 Å². The highest BCUT2D eigenvalue weighted by Crippen LogP contribution is 2.27. The lowest BCUT2D eigenvalue weighted by atomic mass is 10.1. The van der Waals surface area contributed by atoms with Gasteiger partial charge in [-0.15, -0.1) is 0 Å². The number of nitrogens with one attached hydrogen (secondary N) is 2. The Kier molecular flexibility index (Phi) is 6.45. The Labute approximate surface area is 167 Å². The highest BCUT2D eigenvalue weighted by molar-refractivity contribution is 6.31. The molecule has 1 fully saturated rings. The van der Waals surface area contributed by atoms with Gasteiger partial charge in [-0.1, -0.05) is 17.7 Å². The van der Waals surface area contributed by atoms with Crippen LogP contribution in [0, 0.1) is 10.1 Å². The van der Waals surface area contributed by atoms with Crippen molar-refractivity contribution in [2.24, 2.45) is 0 Å². The highest BCUT2D eigenvalue weighted by Gasteiger charge is 2.25. The van der Waals surface area contributed by atoms with Crippen LogP contribution in [0.1, 0.15) is 10.4 Å². The van der Waals surface area contributed by atoms with Crippen molar-refractivity contribution in [1.29, 1.82) is 0 Å². The summed E-state index contributed by atoms with van der Waals surface area (Å²) in [5.74, 6) is -0.425. The predicted octanol–water partition coefficient (Wildman–Crippen LogP) is 1.20. The van der Waals surface area contributed by atoms with Gasteiger partial charge in [0, 0.05) is 22.8 Å². The van der Waals surface area contributed by atoms with Crippen molar-refractivity contribution in [2.45, 2.75) is 0 Å². The molecule has 1 amide bonds. The van der Waals surface area contributed by atoms with Crippen LogP contribution in [0.15, 0.2) is 42.5 Å². The minimum Gasteiger partial charge on any atom is -0.391 e. The number of aliphatic hydroxyl groups is 1. The molecule has 2 aromatic rings. The summed E-state index contributed by atoms with van der Waals surface area (Å²) in [7, 11) is 0. The number of quaternary nitrogens is 1. The fourth-order valence-electron chi connectivity index (χ4n) is 3.33. The van der Waals surface area contributed by atoms with Gasteiger partial charge in [0.1, 0.15) is 6.54 Å². The van der Waals surface area contributed by atoms with Gasteiger partial charge in [-0.3, -0.25) is 14.9 Å². The summed E-state index contributed by atoms with van der Waals surface area (Å²) in [5, 5.41) is 23.5. The molecule has 1 saturated heterocycles.